The topological polar surface area (TPSA) is 75.6 Å². The first-order chi connectivity index (χ1) is 10.4. The molecule has 0 rings (SSSR count). The van der Waals surface area contributed by atoms with Gasteiger partial charge in [-0.25, -0.2) is 4.79 Å². The summed E-state index contributed by atoms with van der Waals surface area (Å²) >= 11 is 0. The number of carbonyl (C=O) groups is 2. The number of unbranched alkanes of at least 4 members (excludes halogenated alkanes) is 4. The Labute approximate surface area is 134 Å². The van der Waals surface area contributed by atoms with Crippen LogP contribution in [0, 0.1) is 5.92 Å². The fourth-order valence-corrected chi connectivity index (χ4v) is 2.38. The minimum Gasteiger partial charge on any atom is -0.467 e. The van der Waals surface area contributed by atoms with Crippen molar-refractivity contribution in [2.24, 2.45) is 5.92 Å². The molecular formula is C17H33NO4. The number of aliphatic hydroxyl groups is 1. The number of hydrogen-bond donors (Lipinski definition) is 2. The van der Waals surface area contributed by atoms with Gasteiger partial charge in [0.1, 0.15) is 6.04 Å². The van der Waals surface area contributed by atoms with E-state index in [9.17, 15) is 14.7 Å². The number of methoxy groups -OCH3 is 1. The normalized spacial score (nSPS) is 13.7. The predicted octanol–water partition coefficient (Wildman–Crippen LogP) is 2.80. The van der Waals surface area contributed by atoms with Crippen LogP contribution in [0.1, 0.15) is 72.1 Å². The second-order valence-electron chi connectivity index (χ2n) is 6.33. The quantitative estimate of drug-likeness (QED) is 0.429. The van der Waals surface area contributed by atoms with Crippen molar-refractivity contribution in [3.05, 3.63) is 0 Å². The molecule has 130 valence electrons. The second kappa shape index (κ2) is 12.4. The average Bonchev–Trinajstić information content (AvgIpc) is 2.44. The lowest BCUT2D eigenvalue weighted by Gasteiger charge is -2.19. The van der Waals surface area contributed by atoms with Gasteiger partial charge in [0.05, 0.1) is 19.6 Å². The first-order valence-electron chi connectivity index (χ1n) is 8.45. The van der Waals surface area contributed by atoms with Crippen LogP contribution in [0.4, 0.5) is 0 Å². The fourth-order valence-electron chi connectivity index (χ4n) is 2.38. The van der Waals surface area contributed by atoms with E-state index in [0.29, 0.717) is 12.8 Å². The summed E-state index contributed by atoms with van der Waals surface area (Å²) < 4.78 is 4.71. The molecule has 0 bridgehead atoms. The molecule has 0 heterocycles. The molecule has 0 aromatic carbocycles. The van der Waals surface area contributed by atoms with Crippen molar-refractivity contribution in [3.63, 3.8) is 0 Å². The summed E-state index contributed by atoms with van der Waals surface area (Å²) in [7, 11) is 1.31. The first kappa shape index (κ1) is 20.9. The zero-order chi connectivity index (χ0) is 17.0. The Balaban J connectivity index is 4.08. The van der Waals surface area contributed by atoms with Crippen LogP contribution in [0.5, 0.6) is 0 Å². The zero-order valence-electron chi connectivity index (χ0n) is 14.6. The number of ether oxygens (including phenoxy) is 1. The third-order valence-electron chi connectivity index (χ3n) is 3.59. The van der Waals surface area contributed by atoms with Crippen LogP contribution in [0.2, 0.25) is 0 Å². The molecule has 5 nitrogen and oxygen atoms in total. The summed E-state index contributed by atoms with van der Waals surface area (Å²) in [6, 6.07) is -0.630. The van der Waals surface area contributed by atoms with Gasteiger partial charge in [0.15, 0.2) is 0 Å². The highest BCUT2D eigenvalue weighted by Crippen LogP contribution is 2.10. The Bertz CT molecular complexity index is 318. The maximum absolute atomic E-state index is 11.9. The molecule has 0 radical (unpaired) electrons. The van der Waals surface area contributed by atoms with E-state index in [1.54, 1.807) is 0 Å². The van der Waals surface area contributed by atoms with Gasteiger partial charge in [0.25, 0.3) is 0 Å². The number of esters is 1. The summed E-state index contributed by atoms with van der Waals surface area (Å²) in [5.74, 6) is -0.457. The molecular weight excluding hydrogens is 282 g/mol. The molecule has 2 N–H and O–H groups in total. The summed E-state index contributed by atoms with van der Waals surface area (Å²) in [6.07, 6.45) is 6.16. The van der Waals surface area contributed by atoms with Crippen molar-refractivity contribution in [2.75, 3.05) is 7.11 Å². The molecule has 0 aromatic heterocycles. The monoisotopic (exact) mass is 315 g/mol. The van der Waals surface area contributed by atoms with Gasteiger partial charge in [-0.2, -0.15) is 0 Å². The fraction of sp³-hybridized carbons (Fsp3) is 0.882. The van der Waals surface area contributed by atoms with E-state index in [4.69, 9.17) is 4.74 Å². The second-order valence-corrected chi connectivity index (χ2v) is 6.33. The van der Waals surface area contributed by atoms with Gasteiger partial charge < -0.3 is 15.2 Å². The van der Waals surface area contributed by atoms with Crippen LogP contribution >= 0.6 is 0 Å². The van der Waals surface area contributed by atoms with Crippen LogP contribution < -0.4 is 5.32 Å². The van der Waals surface area contributed by atoms with Gasteiger partial charge in [-0.1, -0.05) is 52.9 Å². The van der Waals surface area contributed by atoms with Gasteiger partial charge in [0.2, 0.25) is 5.91 Å². The number of hydrogen-bond acceptors (Lipinski definition) is 4. The van der Waals surface area contributed by atoms with E-state index in [2.05, 4.69) is 12.2 Å². The average molecular weight is 315 g/mol. The highest BCUT2D eigenvalue weighted by Gasteiger charge is 2.23. The molecule has 22 heavy (non-hydrogen) atoms. The van der Waals surface area contributed by atoms with Gasteiger partial charge in [-0.15, -0.1) is 0 Å². The van der Waals surface area contributed by atoms with Crippen molar-refractivity contribution in [1.29, 1.82) is 0 Å². The summed E-state index contributed by atoms with van der Waals surface area (Å²) in [5.41, 5.74) is 0. The molecule has 0 aromatic rings. The SMILES string of the molecule is CCCCCCCC(O)CC(=O)NC(CC(C)C)C(=O)OC. The number of amides is 1. The van der Waals surface area contributed by atoms with Crippen molar-refractivity contribution in [1.82, 2.24) is 5.32 Å². The molecule has 0 saturated carbocycles. The molecule has 5 heteroatoms. The summed E-state index contributed by atoms with van der Waals surface area (Å²) in [4.78, 5) is 23.6. The lowest BCUT2D eigenvalue weighted by atomic mass is 10.0. The molecule has 2 atom stereocenters. The van der Waals surface area contributed by atoms with Crippen molar-refractivity contribution in [2.45, 2.75) is 84.3 Å². The largest absolute Gasteiger partial charge is 0.467 e. The third-order valence-corrected chi connectivity index (χ3v) is 3.59. The van der Waals surface area contributed by atoms with Gasteiger partial charge in [0, 0.05) is 0 Å². The number of rotatable bonds is 12. The minimum atomic E-state index is -0.640. The number of nitrogens with one attached hydrogen (secondary N) is 1. The Morgan fingerprint density at radius 2 is 1.77 bits per heavy atom. The van der Waals surface area contributed by atoms with E-state index < -0.39 is 18.1 Å². The summed E-state index contributed by atoms with van der Waals surface area (Å²) in [6.45, 7) is 6.12. The van der Waals surface area contributed by atoms with Gasteiger partial charge in [-0.05, 0) is 18.8 Å². The van der Waals surface area contributed by atoms with Gasteiger partial charge >= 0.3 is 5.97 Å². The standard InChI is InChI=1S/C17H33NO4/c1-5-6-7-8-9-10-14(19)12-16(20)18-15(11-13(2)3)17(21)22-4/h13-15,19H,5-12H2,1-4H3,(H,18,20). The summed E-state index contributed by atoms with van der Waals surface area (Å²) in [5, 5.41) is 12.6. The van der Waals surface area contributed by atoms with E-state index in [0.717, 1.165) is 12.8 Å². The Morgan fingerprint density at radius 1 is 1.14 bits per heavy atom. The number of aliphatic hydroxyl groups excluding tert-OH is 1. The molecule has 0 fully saturated rings. The van der Waals surface area contributed by atoms with Crippen LogP contribution in [0.15, 0.2) is 0 Å². The van der Waals surface area contributed by atoms with E-state index in [1.807, 2.05) is 13.8 Å². The maximum Gasteiger partial charge on any atom is 0.328 e. The lowest BCUT2D eigenvalue weighted by molar-refractivity contribution is -0.145. The Hall–Kier alpha value is -1.10. The van der Waals surface area contributed by atoms with Crippen molar-refractivity contribution < 1.29 is 19.4 Å². The van der Waals surface area contributed by atoms with Crippen LogP contribution in [0.3, 0.4) is 0 Å². The highest BCUT2D eigenvalue weighted by molar-refractivity contribution is 5.84. The molecule has 0 spiro atoms. The zero-order valence-corrected chi connectivity index (χ0v) is 14.6. The van der Waals surface area contributed by atoms with E-state index in [1.165, 1.54) is 26.4 Å². The van der Waals surface area contributed by atoms with Crippen LogP contribution in [-0.2, 0) is 14.3 Å². The maximum atomic E-state index is 11.9. The Kier molecular flexibility index (Phi) is 11.8. The smallest absolute Gasteiger partial charge is 0.328 e. The van der Waals surface area contributed by atoms with Crippen LogP contribution in [0.25, 0.3) is 0 Å². The van der Waals surface area contributed by atoms with E-state index in [-0.39, 0.29) is 18.2 Å². The first-order valence-corrected chi connectivity index (χ1v) is 8.45. The Morgan fingerprint density at radius 3 is 2.32 bits per heavy atom. The molecule has 0 aliphatic rings. The molecule has 0 aliphatic carbocycles. The lowest BCUT2D eigenvalue weighted by Crippen LogP contribution is -2.43. The minimum absolute atomic E-state index is 0.0410. The van der Waals surface area contributed by atoms with E-state index >= 15 is 0 Å². The third kappa shape index (κ3) is 10.6. The van der Waals surface area contributed by atoms with Crippen molar-refractivity contribution in [3.8, 4) is 0 Å². The molecule has 0 aliphatic heterocycles. The van der Waals surface area contributed by atoms with Gasteiger partial charge in [-0.3, -0.25) is 4.79 Å². The van der Waals surface area contributed by atoms with Crippen LogP contribution in [-0.4, -0.2) is 36.2 Å². The number of carbonyl (C=O) groups excluding carboxylic acids is 2. The molecule has 1 amide bonds. The highest BCUT2D eigenvalue weighted by atomic mass is 16.5. The van der Waals surface area contributed by atoms with Crippen molar-refractivity contribution >= 4 is 11.9 Å². The molecule has 2 unspecified atom stereocenters. The molecule has 0 saturated heterocycles. The predicted molar refractivity (Wildman–Crippen MR) is 87.4 cm³/mol.